The summed E-state index contributed by atoms with van der Waals surface area (Å²) < 4.78 is 70.0. The highest BCUT2D eigenvalue weighted by Gasteiger charge is 2.29. The fraction of sp³-hybridized carbons (Fsp3) is 0.447. The third kappa shape index (κ3) is 19.9. The van der Waals surface area contributed by atoms with Crippen molar-refractivity contribution < 1.29 is 46.1 Å². The first kappa shape index (κ1) is 48.4. The molecule has 2 aliphatic heterocycles. The Morgan fingerprint density at radius 1 is 1.10 bits per heavy atom. The van der Waals surface area contributed by atoms with Gasteiger partial charge in [0.25, 0.3) is 11.8 Å². The lowest BCUT2D eigenvalue weighted by Crippen LogP contribution is -2.35. The van der Waals surface area contributed by atoms with E-state index in [-0.39, 0.29) is 23.1 Å². The summed E-state index contributed by atoms with van der Waals surface area (Å²) in [5.74, 6) is -3.17. The van der Waals surface area contributed by atoms with Crippen molar-refractivity contribution in [2.75, 3.05) is 46.5 Å². The Hall–Kier alpha value is -3.59. The molecule has 1 amide bonds. The zero-order chi connectivity index (χ0) is 39.9. The SMILES string of the molecule is C/C=C/OCC.C=CC(C)C=O.CCC(F)(F)F.CCN1CCOCC1.CN1C(=O)/C(=C/c2ccc(O)c(-c3cccc(C(C)(F)F)c3)c2)SC1=S. The predicted octanol–water partition coefficient (Wildman–Crippen LogP) is 9.86. The Morgan fingerprint density at radius 3 is 2.10 bits per heavy atom. The summed E-state index contributed by atoms with van der Waals surface area (Å²) in [6.07, 6.45) is 2.99. The number of allylic oxidation sites excluding steroid dienone is 2. The highest BCUT2D eigenvalue weighted by Crippen LogP contribution is 2.36. The predicted molar refractivity (Wildman–Crippen MR) is 205 cm³/mol. The van der Waals surface area contributed by atoms with Crippen LogP contribution >= 0.6 is 24.0 Å². The number of hydrogen-bond acceptors (Lipinski definition) is 8. The number of aldehydes is 1. The van der Waals surface area contributed by atoms with Crippen LogP contribution in [0.3, 0.4) is 0 Å². The lowest BCUT2D eigenvalue weighted by Gasteiger charge is -2.24. The molecule has 14 heteroatoms. The largest absolute Gasteiger partial charge is 0.507 e. The second kappa shape index (κ2) is 25.4. The molecule has 2 saturated heterocycles. The molecule has 1 unspecified atom stereocenters. The van der Waals surface area contributed by atoms with E-state index in [1.807, 2.05) is 19.9 Å². The fourth-order valence-electron chi connectivity index (χ4n) is 3.70. The first-order valence-electron chi connectivity index (χ1n) is 16.6. The molecule has 0 aliphatic carbocycles. The molecule has 0 aromatic heterocycles. The molecule has 0 radical (unpaired) electrons. The number of phenolic OH excluding ortho intramolecular Hbond substituents is 1. The van der Waals surface area contributed by atoms with E-state index in [1.165, 1.54) is 47.5 Å². The highest BCUT2D eigenvalue weighted by molar-refractivity contribution is 8.26. The lowest BCUT2D eigenvalue weighted by atomic mass is 9.98. The van der Waals surface area contributed by atoms with Crippen LogP contribution in [-0.2, 0) is 25.0 Å². The van der Waals surface area contributed by atoms with E-state index in [0.717, 1.165) is 53.0 Å². The van der Waals surface area contributed by atoms with Crippen LogP contribution in [-0.4, -0.2) is 84.1 Å². The summed E-state index contributed by atoms with van der Waals surface area (Å²) >= 11 is 6.30. The quantitative estimate of drug-likeness (QED) is 0.0710. The summed E-state index contributed by atoms with van der Waals surface area (Å²) in [6.45, 7) is 19.2. The van der Waals surface area contributed by atoms with Crippen LogP contribution in [0.1, 0.15) is 59.1 Å². The van der Waals surface area contributed by atoms with E-state index >= 15 is 0 Å². The zero-order valence-corrected chi connectivity index (χ0v) is 32.5. The molecular weight excluding hydrogens is 724 g/mol. The van der Waals surface area contributed by atoms with Gasteiger partial charge in [0.15, 0.2) is 0 Å². The molecule has 0 saturated carbocycles. The van der Waals surface area contributed by atoms with Crippen molar-refractivity contribution in [1.29, 1.82) is 0 Å². The number of aromatic hydroxyl groups is 1. The van der Waals surface area contributed by atoms with Gasteiger partial charge in [-0.2, -0.15) is 13.2 Å². The lowest BCUT2D eigenvalue weighted by molar-refractivity contribution is -0.130. The number of benzene rings is 2. The molecule has 2 aromatic carbocycles. The first-order chi connectivity index (χ1) is 24.4. The van der Waals surface area contributed by atoms with Crippen LogP contribution in [0.15, 0.2) is 72.4 Å². The van der Waals surface area contributed by atoms with Crippen molar-refractivity contribution in [3.8, 4) is 16.9 Å². The summed E-state index contributed by atoms with van der Waals surface area (Å²) in [6, 6.07) is 10.7. The molecule has 2 aliphatic rings. The van der Waals surface area contributed by atoms with Crippen molar-refractivity contribution in [3.05, 3.63) is 83.5 Å². The normalized spacial score (nSPS) is 15.9. The van der Waals surface area contributed by atoms with Crippen LogP contribution < -0.4 is 0 Å². The van der Waals surface area contributed by atoms with Crippen LogP contribution in [0, 0.1) is 5.92 Å². The fourth-order valence-corrected chi connectivity index (χ4v) is 4.88. The minimum Gasteiger partial charge on any atom is -0.507 e. The maximum atomic E-state index is 13.6. The first-order valence-corrected chi connectivity index (χ1v) is 17.8. The highest BCUT2D eigenvalue weighted by atomic mass is 32.2. The number of nitrogens with zero attached hydrogens (tertiary/aromatic N) is 2. The number of halogens is 5. The van der Waals surface area contributed by atoms with Crippen molar-refractivity contribution >= 4 is 46.6 Å². The Morgan fingerprint density at radius 2 is 1.71 bits per heavy atom. The van der Waals surface area contributed by atoms with Gasteiger partial charge in [0.2, 0.25) is 0 Å². The van der Waals surface area contributed by atoms with Crippen LogP contribution in [0.5, 0.6) is 5.75 Å². The topological polar surface area (TPSA) is 79.3 Å². The number of alkyl halides is 5. The second-order valence-corrected chi connectivity index (χ2v) is 12.8. The van der Waals surface area contributed by atoms with E-state index in [9.17, 15) is 36.6 Å². The molecule has 2 heterocycles. The van der Waals surface area contributed by atoms with E-state index in [4.69, 9.17) is 21.7 Å². The van der Waals surface area contributed by atoms with Crippen LogP contribution in [0.2, 0.25) is 0 Å². The van der Waals surface area contributed by atoms with Crippen molar-refractivity contribution in [3.63, 3.8) is 0 Å². The van der Waals surface area contributed by atoms with Gasteiger partial charge in [0, 0.05) is 50.5 Å². The maximum absolute atomic E-state index is 13.6. The number of rotatable bonds is 8. The molecule has 7 nitrogen and oxygen atoms in total. The third-order valence-corrected chi connectivity index (χ3v) is 8.41. The minimum atomic E-state index is -3.96. The number of thioether (sulfide) groups is 1. The third-order valence-electron chi connectivity index (χ3n) is 6.92. The number of amides is 1. The van der Waals surface area contributed by atoms with E-state index < -0.39 is 18.5 Å². The number of phenols is 1. The zero-order valence-electron chi connectivity index (χ0n) is 30.8. The summed E-state index contributed by atoms with van der Waals surface area (Å²) in [5.41, 5.74) is 1.42. The van der Waals surface area contributed by atoms with Gasteiger partial charge in [0.1, 0.15) is 16.4 Å². The summed E-state index contributed by atoms with van der Waals surface area (Å²) in [5, 5.41) is 10.2. The Kier molecular flexibility index (Phi) is 23.6. The average Bonchev–Trinajstić information content (AvgIpc) is 3.37. The standard InChI is InChI=1S/C19H15F2NO2S2.C6H13NO.C5H8O.C5H10O.C3H5F3/c1-19(20,21)13-5-3-4-12(10-13)14-8-11(6-7-15(14)23)9-16-17(24)22(2)18(25)26-16;1-2-7-3-5-8-6-4-7;1-3-5(2)4-6;1-3-5-6-4-2;1-2-3(4,5)6/h3-10,23H,1-2H3;2-6H2,1H3;3-5H,1H2,2H3;3,5H,4H2,1-2H3;2H2,1H3/b16-9-;;;5-3+;. The Bertz CT molecular complexity index is 1450. The molecule has 52 heavy (non-hydrogen) atoms. The molecule has 290 valence electrons. The molecule has 0 bridgehead atoms. The molecule has 0 spiro atoms. The number of thiocarbonyl (C=S) groups is 1. The Balaban J connectivity index is 0.000000808. The minimum absolute atomic E-state index is 0.0185. The number of likely N-dealkylation sites (N-methyl/N-ethyl adjacent to an activating group) is 2. The van der Waals surface area contributed by atoms with Gasteiger partial charge in [0.05, 0.1) is 31.0 Å². The van der Waals surface area contributed by atoms with Gasteiger partial charge in [-0.25, -0.2) is 8.78 Å². The molecule has 1 N–H and O–H groups in total. The molecular formula is C38H51F5N2O5S2. The van der Waals surface area contributed by atoms with E-state index in [0.29, 0.717) is 25.9 Å². The number of carbonyl (C=O) groups excluding carboxylic acids is 2. The average molecular weight is 775 g/mol. The van der Waals surface area contributed by atoms with Crippen molar-refractivity contribution in [2.45, 2.75) is 60.1 Å². The second-order valence-electron chi connectivity index (χ2n) is 11.2. The summed E-state index contributed by atoms with van der Waals surface area (Å²) in [7, 11) is 1.61. The smallest absolute Gasteiger partial charge is 0.388 e. The molecule has 2 aromatic rings. The van der Waals surface area contributed by atoms with Gasteiger partial charge < -0.3 is 19.4 Å². The van der Waals surface area contributed by atoms with Crippen molar-refractivity contribution in [2.24, 2.45) is 5.92 Å². The number of hydrogen-bond donors (Lipinski definition) is 1. The van der Waals surface area contributed by atoms with Gasteiger partial charge in [-0.05, 0) is 55.8 Å². The van der Waals surface area contributed by atoms with Crippen LogP contribution in [0.4, 0.5) is 22.0 Å². The molecule has 2 fully saturated rings. The number of ether oxygens (including phenoxy) is 2. The van der Waals surface area contributed by atoms with Gasteiger partial charge >= 0.3 is 6.18 Å². The summed E-state index contributed by atoms with van der Waals surface area (Å²) in [4.78, 5) is 26.0. The van der Waals surface area contributed by atoms with E-state index in [1.54, 1.807) is 50.6 Å². The van der Waals surface area contributed by atoms with Gasteiger partial charge in [-0.1, -0.05) is 81.2 Å². The van der Waals surface area contributed by atoms with Gasteiger partial charge in [-0.3, -0.25) is 14.6 Å². The monoisotopic (exact) mass is 774 g/mol. The molecule has 1 atom stereocenters. The van der Waals surface area contributed by atoms with Crippen LogP contribution in [0.25, 0.3) is 17.2 Å². The van der Waals surface area contributed by atoms with E-state index in [2.05, 4.69) is 18.4 Å². The van der Waals surface area contributed by atoms with Crippen molar-refractivity contribution in [1.82, 2.24) is 9.80 Å². The van der Waals surface area contributed by atoms with Gasteiger partial charge in [-0.15, -0.1) is 6.58 Å². The maximum Gasteiger partial charge on any atom is 0.388 e. The Labute approximate surface area is 314 Å². The number of morpholine rings is 1. The molecule has 4 rings (SSSR count). The number of carbonyl (C=O) groups is 2.